The first-order valence-electron chi connectivity index (χ1n) is 19.2. The summed E-state index contributed by atoms with van der Waals surface area (Å²) in [5, 5.41) is 4.50. The van der Waals surface area contributed by atoms with Gasteiger partial charge in [-0.15, -0.1) is 0 Å². The Kier molecular flexibility index (Phi) is 6.55. The molecule has 1 aliphatic carbocycles. The Hall–Kier alpha value is -7.36. The number of anilines is 3. The first-order chi connectivity index (χ1) is 27.8. The highest BCUT2D eigenvalue weighted by atomic mass is 16.5. The number of ether oxygens (including phenoxy) is 1. The fourth-order valence-electron chi connectivity index (χ4n) is 9.65. The minimum absolute atomic E-state index is 0.549. The molecule has 3 nitrogen and oxygen atoms in total. The smallest absolute Gasteiger partial charge is 0.140 e. The Balaban J connectivity index is 1.06. The molecule has 0 saturated carbocycles. The third kappa shape index (κ3) is 4.22. The number of rotatable bonds is 4. The molecule has 2 aliphatic rings. The fraction of sp³-hybridized carbons (Fsp3) is 0.0189. The quantitative estimate of drug-likeness (QED) is 0.181. The van der Waals surface area contributed by atoms with Crippen LogP contribution in [0.2, 0.25) is 0 Å². The minimum Gasteiger partial charge on any atom is -0.456 e. The number of benzene rings is 9. The van der Waals surface area contributed by atoms with Crippen LogP contribution in [-0.4, -0.2) is 0 Å². The van der Waals surface area contributed by atoms with Gasteiger partial charge in [0.1, 0.15) is 22.7 Å². The van der Waals surface area contributed by atoms with E-state index in [1.165, 1.54) is 44.3 Å². The van der Waals surface area contributed by atoms with Crippen LogP contribution >= 0.6 is 0 Å². The topological polar surface area (TPSA) is 25.6 Å². The molecule has 3 heteroatoms. The average molecular weight is 716 g/mol. The average Bonchev–Trinajstić information content (AvgIpc) is 3.79. The molecule has 0 saturated heterocycles. The first-order valence-corrected chi connectivity index (χ1v) is 19.2. The molecule has 0 fully saturated rings. The van der Waals surface area contributed by atoms with Gasteiger partial charge >= 0.3 is 0 Å². The number of para-hydroxylation sites is 3. The van der Waals surface area contributed by atoms with Gasteiger partial charge < -0.3 is 14.1 Å². The summed E-state index contributed by atoms with van der Waals surface area (Å²) in [7, 11) is 0. The van der Waals surface area contributed by atoms with Crippen molar-refractivity contribution in [3.05, 3.63) is 222 Å². The maximum atomic E-state index is 6.87. The van der Waals surface area contributed by atoms with Crippen molar-refractivity contribution in [1.82, 2.24) is 0 Å². The second-order valence-electron chi connectivity index (χ2n) is 14.8. The molecule has 9 aromatic carbocycles. The van der Waals surface area contributed by atoms with Gasteiger partial charge in [-0.1, -0.05) is 152 Å². The van der Waals surface area contributed by atoms with Gasteiger partial charge in [-0.25, -0.2) is 0 Å². The van der Waals surface area contributed by atoms with E-state index in [0.717, 1.165) is 61.4 Å². The van der Waals surface area contributed by atoms with Gasteiger partial charge in [0.2, 0.25) is 0 Å². The van der Waals surface area contributed by atoms with Crippen LogP contribution in [-0.2, 0) is 5.41 Å². The molecule has 10 aromatic rings. The summed E-state index contributed by atoms with van der Waals surface area (Å²) in [5.74, 6) is 1.83. The lowest BCUT2D eigenvalue weighted by Crippen LogP contribution is -2.32. The number of fused-ring (bicyclic) bond motifs is 14. The monoisotopic (exact) mass is 715 g/mol. The van der Waals surface area contributed by atoms with Crippen LogP contribution in [0.25, 0.3) is 55.0 Å². The van der Waals surface area contributed by atoms with Gasteiger partial charge in [0.05, 0.1) is 16.5 Å². The molecule has 0 amide bonds. The highest BCUT2D eigenvalue weighted by molar-refractivity contribution is 6.13. The van der Waals surface area contributed by atoms with Crippen LogP contribution < -0.4 is 9.64 Å². The van der Waals surface area contributed by atoms with Crippen molar-refractivity contribution in [2.45, 2.75) is 5.41 Å². The molecule has 0 radical (unpaired) electrons. The van der Waals surface area contributed by atoms with Crippen LogP contribution in [0.5, 0.6) is 11.5 Å². The van der Waals surface area contributed by atoms with E-state index in [9.17, 15) is 0 Å². The van der Waals surface area contributed by atoms with Crippen molar-refractivity contribution >= 4 is 49.8 Å². The summed E-state index contributed by atoms with van der Waals surface area (Å²) in [6.07, 6.45) is 0. The van der Waals surface area contributed by atoms with Gasteiger partial charge in [-0.05, 0) is 87.3 Å². The molecule has 12 rings (SSSR count). The van der Waals surface area contributed by atoms with E-state index >= 15 is 0 Å². The van der Waals surface area contributed by atoms with Crippen molar-refractivity contribution < 1.29 is 9.15 Å². The number of nitrogens with zero attached hydrogens (tertiary/aromatic N) is 1. The zero-order chi connectivity index (χ0) is 36.8. The minimum atomic E-state index is -0.549. The van der Waals surface area contributed by atoms with Gasteiger partial charge in [-0.2, -0.15) is 0 Å². The summed E-state index contributed by atoms with van der Waals surface area (Å²) >= 11 is 0. The zero-order valence-electron chi connectivity index (χ0n) is 30.3. The normalized spacial score (nSPS) is 15.0. The standard InChI is InChI=1S/C53H33NO2/c1-2-15-36(16-3-1)54(46-24-13-27-49-51(46)41-19-7-10-25-47(41)55-49)37-31-28-35(29-32-37)38-20-12-23-44-50(38)40-18-6-8-21-42(40)53(44)43-22-9-11-26-48(43)56-52-39-17-5-4-14-34(39)30-33-45(52)53/h1-33H. The van der Waals surface area contributed by atoms with Crippen LogP contribution in [0.4, 0.5) is 17.1 Å². The molecule has 2 heterocycles. The Morgan fingerprint density at radius 1 is 0.411 bits per heavy atom. The van der Waals surface area contributed by atoms with Gasteiger partial charge in [0.15, 0.2) is 0 Å². The van der Waals surface area contributed by atoms with E-state index in [1.807, 2.05) is 12.1 Å². The highest BCUT2D eigenvalue weighted by Gasteiger charge is 2.51. The van der Waals surface area contributed by atoms with E-state index in [2.05, 4.69) is 193 Å². The van der Waals surface area contributed by atoms with Crippen molar-refractivity contribution in [1.29, 1.82) is 0 Å². The molecule has 1 spiro atoms. The van der Waals surface area contributed by atoms with E-state index in [4.69, 9.17) is 9.15 Å². The predicted octanol–water partition coefficient (Wildman–Crippen LogP) is 14.3. The molecular formula is C53H33NO2. The van der Waals surface area contributed by atoms with Crippen LogP contribution in [0, 0.1) is 0 Å². The lowest BCUT2D eigenvalue weighted by molar-refractivity contribution is 0.441. The molecule has 1 unspecified atom stereocenters. The van der Waals surface area contributed by atoms with Gasteiger partial charge in [-0.3, -0.25) is 0 Å². The molecule has 1 aliphatic heterocycles. The van der Waals surface area contributed by atoms with Gasteiger partial charge in [0, 0.05) is 33.3 Å². The first kappa shape index (κ1) is 31.0. The maximum absolute atomic E-state index is 6.87. The summed E-state index contributed by atoms with van der Waals surface area (Å²) in [6.45, 7) is 0. The fourth-order valence-corrected chi connectivity index (χ4v) is 9.65. The van der Waals surface area contributed by atoms with Crippen molar-refractivity contribution in [2.75, 3.05) is 4.90 Å². The molecular weight excluding hydrogens is 683 g/mol. The predicted molar refractivity (Wildman–Crippen MR) is 229 cm³/mol. The van der Waals surface area contributed by atoms with E-state index in [1.54, 1.807) is 0 Å². The zero-order valence-corrected chi connectivity index (χ0v) is 30.3. The highest BCUT2D eigenvalue weighted by Crippen LogP contribution is 2.64. The van der Waals surface area contributed by atoms with Crippen molar-refractivity contribution in [3.63, 3.8) is 0 Å². The van der Waals surface area contributed by atoms with E-state index < -0.39 is 5.41 Å². The van der Waals surface area contributed by atoms with Crippen molar-refractivity contribution in [2.24, 2.45) is 0 Å². The number of hydrogen-bond donors (Lipinski definition) is 0. The number of hydrogen-bond acceptors (Lipinski definition) is 3. The Bertz CT molecular complexity index is 3180. The number of furan rings is 1. The Morgan fingerprint density at radius 3 is 1.96 bits per heavy atom. The van der Waals surface area contributed by atoms with Crippen molar-refractivity contribution in [3.8, 4) is 33.8 Å². The summed E-state index contributed by atoms with van der Waals surface area (Å²) in [4.78, 5) is 2.34. The van der Waals surface area contributed by atoms with Crippen LogP contribution in [0.15, 0.2) is 205 Å². The molecule has 56 heavy (non-hydrogen) atoms. The molecule has 1 aromatic heterocycles. The summed E-state index contributed by atoms with van der Waals surface area (Å²) in [6, 6.07) is 71.8. The molecule has 0 bridgehead atoms. The van der Waals surface area contributed by atoms with Crippen LogP contribution in [0.3, 0.4) is 0 Å². The SMILES string of the molecule is c1ccc(N(c2ccc(-c3cccc4c3-c3ccccc3C43c4ccccc4Oc4c3ccc3ccccc43)cc2)c2cccc3oc4ccccc4c23)cc1. The Labute approximate surface area is 324 Å². The molecule has 1 atom stereocenters. The maximum Gasteiger partial charge on any atom is 0.140 e. The second kappa shape index (κ2) is 11.8. The summed E-state index contributed by atoms with van der Waals surface area (Å²) < 4.78 is 13.2. The Morgan fingerprint density at radius 2 is 1.07 bits per heavy atom. The van der Waals surface area contributed by atoms with E-state index in [0.29, 0.717) is 0 Å². The largest absolute Gasteiger partial charge is 0.456 e. The van der Waals surface area contributed by atoms with Gasteiger partial charge in [0.25, 0.3) is 0 Å². The second-order valence-corrected chi connectivity index (χ2v) is 14.8. The third-order valence-electron chi connectivity index (χ3n) is 11.9. The lowest BCUT2D eigenvalue weighted by atomic mass is 9.65. The summed E-state index contributed by atoms with van der Waals surface area (Å²) in [5.41, 5.74) is 14.2. The molecule has 0 N–H and O–H groups in total. The third-order valence-corrected chi connectivity index (χ3v) is 11.9. The van der Waals surface area contributed by atoms with E-state index in [-0.39, 0.29) is 0 Å². The van der Waals surface area contributed by atoms with Crippen LogP contribution in [0.1, 0.15) is 22.3 Å². The lowest BCUT2D eigenvalue weighted by Gasteiger charge is -2.39. The molecule has 262 valence electrons.